The zero-order valence-electron chi connectivity index (χ0n) is 13.4. The summed E-state index contributed by atoms with van der Waals surface area (Å²) in [5.41, 5.74) is 2.32. The van der Waals surface area contributed by atoms with Gasteiger partial charge in [-0.3, -0.25) is 4.79 Å². The number of nitrogens with one attached hydrogen (secondary N) is 1. The molecule has 1 amide bonds. The zero-order valence-corrected chi connectivity index (χ0v) is 14.3. The number of hydrogen-bond acceptors (Lipinski definition) is 4. The maximum absolute atomic E-state index is 12.5. The smallest absolute Gasteiger partial charge is 0.240 e. The Kier molecular flexibility index (Phi) is 4.29. The van der Waals surface area contributed by atoms with Crippen LogP contribution in [0.4, 0.5) is 5.69 Å². The van der Waals surface area contributed by atoms with Crippen LogP contribution >= 0.6 is 0 Å². The monoisotopic (exact) mass is 346 g/mol. The third kappa shape index (κ3) is 3.13. The Bertz CT molecular complexity index is 876. The molecule has 3 rings (SSSR count). The summed E-state index contributed by atoms with van der Waals surface area (Å²) < 4.78 is 32.6. The second kappa shape index (κ2) is 6.26. The van der Waals surface area contributed by atoms with E-state index in [1.807, 2.05) is 0 Å². The molecule has 0 bridgehead atoms. The van der Waals surface area contributed by atoms with Gasteiger partial charge < -0.3 is 9.64 Å². The van der Waals surface area contributed by atoms with Crippen molar-refractivity contribution in [3.63, 3.8) is 0 Å². The first kappa shape index (κ1) is 16.5. The van der Waals surface area contributed by atoms with E-state index in [-0.39, 0.29) is 23.8 Å². The van der Waals surface area contributed by atoms with E-state index in [0.717, 1.165) is 16.8 Å². The molecule has 6 nitrogen and oxygen atoms in total. The number of ether oxygens (including phenoxy) is 1. The van der Waals surface area contributed by atoms with Crippen LogP contribution in [-0.4, -0.2) is 28.5 Å². The summed E-state index contributed by atoms with van der Waals surface area (Å²) in [6.45, 7) is 0.183. The summed E-state index contributed by atoms with van der Waals surface area (Å²) in [4.78, 5) is 13.4. The van der Waals surface area contributed by atoms with Gasteiger partial charge in [-0.25, -0.2) is 13.1 Å². The van der Waals surface area contributed by atoms with E-state index in [2.05, 4.69) is 4.72 Å². The Morgan fingerprint density at radius 2 is 1.88 bits per heavy atom. The standard InChI is InChI=1S/C17H18N2O4S/c1-19-16-8-7-15(9-13(16)10-17(19)20)24(21,22)18-11-12-3-5-14(23-2)6-4-12/h3-9,18H,10-11H2,1-2H3. The highest BCUT2D eigenvalue weighted by Gasteiger charge is 2.26. The Morgan fingerprint density at radius 1 is 1.17 bits per heavy atom. The maximum atomic E-state index is 12.5. The van der Waals surface area contributed by atoms with Crippen molar-refractivity contribution in [1.82, 2.24) is 4.72 Å². The van der Waals surface area contributed by atoms with Gasteiger partial charge in [0.15, 0.2) is 0 Å². The van der Waals surface area contributed by atoms with E-state index in [1.54, 1.807) is 50.6 Å². The third-order valence-corrected chi connectivity index (χ3v) is 5.46. The van der Waals surface area contributed by atoms with Crippen molar-refractivity contribution in [3.8, 4) is 5.75 Å². The lowest BCUT2D eigenvalue weighted by atomic mass is 10.2. The van der Waals surface area contributed by atoms with Crippen LogP contribution in [0.25, 0.3) is 0 Å². The summed E-state index contributed by atoms with van der Waals surface area (Å²) in [5.74, 6) is 0.680. The fourth-order valence-corrected chi connectivity index (χ4v) is 3.69. The predicted octanol–water partition coefficient (Wildman–Crippen LogP) is 1.69. The quantitative estimate of drug-likeness (QED) is 0.894. The van der Waals surface area contributed by atoms with Crippen LogP contribution in [0.15, 0.2) is 47.4 Å². The summed E-state index contributed by atoms with van der Waals surface area (Å²) in [6.07, 6.45) is 0.230. The average Bonchev–Trinajstić information content (AvgIpc) is 2.87. The number of carbonyl (C=O) groups excluding carboxylic acids is 1. The second-order valence-corrected chi connectivity index (χ2v) is 7.36. The molecule has 0 atom stereocenters. The third-order valence-electron chi connectivity index (χ3n) is 4.06. The van der Waals surface area contributed by atoms with Crippen LogP contribution in [0.2, 0.25) is 0 Å². The topological polar surface area (TPSA) is 75.7 Å². The van der Waals surface area contributed by atoms with Crippen molar-refractivity contribution in [3.05, 3.63) is 53.6 Å². The van der Waals surface area contributed by atoms with E-state index in [4.69, 9.17) is 4.74 Å². The fraction of sp³-hybridized carbons (Fsp3) is 0.235. The molecule has 2 aromatic carbocycles. The molecule has 2 aromatic rings. The normalized spacial score (nSPS) is 13.9. The highest BCUT2D eigenvalue weighted by atomic mass is 32.2. The SMILES string of the molecule is COc1ccc(CNS(=O)(=O)c2ccc3c(c2)CC(=O)N3C)cc1. The molecule has 24 heavy (non-hydrogen) atoms. The van der Waals surface area contributed by atoms with Gasteiger partial charge >= 0.3 is 0 Å². The molecule has 1 aliphatic heterocycles. The first-order chi connectivity index (χ1) is 11.4. The van der Waals surface area contributed by atoms with E-state index in [0.29, 0.717) is 5.75 Å². The molecule has 1 aliphatic rings. The van der Waals surface area contributed by atoms with E-state index in [1.165, 1.54) is 11.0 Å². The summed E-state index contributed by atoms with van der Waals surface area (Å²) in [7, 11) is -0.380. The van der Waals surface area contributed by atoms with E-state index < -0.39 is 10.0 Å². The van der Waals surface area contributed by atoms with Crippen LogP contribution in [-0.2, 0) is 27.8 Å². The molecule has 0 unspecified atom stereocenters. The molecule has 0 spiro atoms. The van der Waals surface area contributed by atoms with E-state index >= 15 is 0 Å². The van der Waals surface area contributed by atoms with Gasteiger partial charge in [0.1, 0.15) is 5.75 Å². The molecule has 0 saturated carbocycles. The number of likely N-dealkylation sites (N-methyl/N-ethyl adjacent to an activating group) is 1. The maximum Gasteiger partial charge on any atom is 0.240 e. The Morgan fingerprint density at radius 3 is 2.54 bits per heavy atom. The van der Waals surface area contributed by atoms with Crippen molar-refractivity contribution in [1.29, 1.82) is 0 Å². The molecule has 0 aliphatic carbocycles. The molecule has 7 heteroatoms. The van der Waals surface area contributed by atoms with Gasteiger partial charge in [0.25, 0.3) is 0 Å². The van der Waals surface area contributed by atoms with Crippen LogP contribution < -0.4 is 14.4 Å². The molecule has 0 saturated heterocycles. The van der Waals surface area contributed by atoms with Crippen molar-refractivity contribution in [2.75, 3.05) is 19.1 Å². The number of anilines is 1. The van der Waals surface area contributed by atoms with Gasteiger partial charge in [-0.1, -0.05) is 12.1 Å². The van der Waals surface area contributed by atoms with Crippen molar-refractivity contribution in [2.24, 2.45) is 0 Å². The molecule has 0 aromatic heterocycles. The number of carbonyl (C=O) groups is 1. The van der Waals surface area contributed by atoms with Crippen molar-refractivity contribution < 1.29 is 17.9 Å². The highest BCUT2D eigenvalue weighted by Crippen LogP contribution is 2.29. The summed E-state index contributed by atoms with van der Waals surface area (Å²) in [6, 6.07) is 11.9. The molecule has 1 heterocycles. The van der Waals surface area contributed by atoms with Gasteiger partial charge in [0.05, 0.1) is 18.4 Å². The number of methoxy groups -OCH3 is 1. The first-order valence-electron chi connectivity index (χ1n) is 7.43. The molecular weight excluding hydrogens is 328 g/mol. The number of fused-ring (bicyclic) bond motifs is 1. The van der Waals surface area contributed by atoms with Gasteiger partial charge in [-0.05, 0) is 41.5 Å². The van der Waals surface area contributed by atoms with Gasteiger partial charge in [0, 0.05) is 19.3 Å². The average molecular weight is 346 g/mol. The van der Waals surface area contributed by atoms with Crippen LogP contribution in [0.3, 0.4) is 0 Å². The highest BCUT2D eigenvalue weighted by molar-refractivity contribution is 7.89. The number of sulfonamides is 1. The van der Waals surface area contributed by atoms with Crippen LogP contribution in [0.5, 0.6) is 5.75 Å². The van der Waals surface area contributed by atoms with Crippen LogP contribution in [0.1, 0.15) is 11.1 Å². The summed E-state index contributed by atoms with van der Waals surface area (Å²) >= 11 is 0. The van der Waals surface area contributed by atoms with Gasteiger partial charge in [-0.2, -0.15) is 0 Å². The van der Waals surface area contributed by atoms with Crippen molar-refractivity contribution >= 4 is 21.6 Å². The number of hydrogen-bond donors (Lipinski definition) is 1. The minimum atomic E-state index is -3.64. The molecule has 126 valence electrons. The lowest BCUT2D eigenvalue weighted by Crippen LogP contribution is -2.23. The largest absolute Gasteiger partial charge is 0.497 e. The Balaban J connectivity index is 1.76. The molecular formula is C17H18N2O4S. The Labute approximate surface area is 141 Å². The first-order valence-corrected chi connectivity index (χ1v) is 8.91. The molecule has 1 N–H and O–H groups in total. The minimum absolute atomic E-state index is 0.0364. The Hall–Kier alpha value is -2.38. The fourth-order valence-electron chi connectivity index (χ4n) is 2.62. The minimum Gasteiger partial charge on any atom is -0.497 e. The lowest BCUT2D eigenvalue weighted by Gasteiger charge is -2.11. The predicted molar refractivity (Wildman–Crippen MR) is 90.6 cm³/mol. The van der Waals surface area contributed by atoms with Gasteiger partial charge in [0.2, 0.25) is 15.9 Å². The van der Waals surface area contributed by atoms with Crippen LogP contribution in [0, 0.1) is 0 Å². The molecule has 0 radical (unpaired) electrons. The number of amides is 1. The van der Waals surface area contributed by atoms with Crippen molar-refractivity contribution in [2.45, 2.75) is 17.9 Å². The van der Waals surface area contributed by atoms with E-state index in [9.17, 15) is 13.2 Å². The number of nitrogens with zero attached hydrogens (tertiary/aromatic N) is 1. The number of benzene rings is 2. The second-order valence-electron chi connectivity index (χ2n) is 5.59. The number of rotatable bonds is 5. The summed E-state index contributed by atoms with van der Waals surface area (Å²) in [5, 5.41) is 0. The lowest BCUT2D eigenvalue weighted by molar-refractivity contribution is -0.117. The molecule has 0 fully saturated rings. The van der Waals surface area contributed by atoms with Gasteiger partial charge in [-0.15, -0.1) is 0 Å². The zero-order chi connectivity index (χ0) is 17.3.